The van der Waals surface area contributed by atoms with Crippen LogP contribution in [0, 0.1) is 5.92 Å². The second-order valence-corrected chi connectivity index (χ2v) is 13.6. The highest BCUT2D eigenvalue weighted by Crippen LogP contribution is 2.44. The Hall–Kier alpha value is -4.61. The van der Waals surface area contributed by atoms with Crippen LogP contribution in [0.3, 0.4) is 0 Å². The molecule has 1 fully saturated rings. The first kappa shape index (κ1) is 34.3. The van der Waals surface area contributed by atoms with E-state index < -0.39 is 41.5 Å². The number of hydrogen-bond acceptors (Lipinski definition) is 7. The molecule has 248 valence electrons. The molecule has 0 unspecified atom stereocenters. The topological polar surface area (TPSA) is 156 Å². The molecule has 0 saturated carbocycles. The minimum absolute atomic E-state index is 0.00602. The van der Waals surface area contributed by atoms with Gasteiger partial charge in [-0.1, -0.05) is 48.5 Å². The Morgan fingerprint density at radius 2 is 1.41 bits per heavy atom. The summed E-state index contributed by atoms with van der Waals surface area (Å²) < 4.78 is 16.2. The average molecular weight is 637 g/mol. The van der Waals surface area contributed by atoms with Gasteiger partial charge < -0.3 is 29.5 Å². The summed E-state index contributed by atoms with van der Waals surface area (Å²) in [4.78, 5) is 55.6. The maximum absolute atomic E-state index is 12.8. The molecule has 4 rings (SSSR count). The van der Waals surface area contributed by atoms with E-state index in [9.17, 15) is 24.3 Å². The highest BCUT2D eigenvalue weighted by Gasteiger charge is 2.32. The van der Waals surface area contributed by atoms with E-state index in [2.05, 4.69) is 15.6 Å². The number of aliphatic carboxylic acids is 1. The fourth-order valence-electron chi connectivity index (χ4n) is 5.66. The Morgan fingerprint density at radius 1 is 0.870 bits per heavy atom. The maximum atomic E-state index is 12.8. The maximum Gasteiger partial charge on any atom is 0.437 e. The van der Waals surface area contributed by atoms with Crippen LogP contribution in [-0.2, 0) is 19.0 Å². The van der Waals surface area contributed by atoms with Crippen LogP contribution in [-0.4, -0.2) is 77.2 Å². The van der Waals surface area contributed by atoms with Crippen molar-refractivity contribution in [1.82, 2.24) is 15.5 Å². The number of benzene rings is 2. The smallest absolute Gasteiger partial charge is 0.437 e. The van der Waals surface area contributed by atoms with Crippen LogP contribution < -0.4 is 10.6 Å². The highest BCUT2D eigenvalue weighted by atomic mass is 16.6. The van der Waals surface area contributed by atoms with Gasteiger partial charge in [-0.3, -0.25) is 5.32 Å². The fourth-order valence-corrected chi connectivity index (χ4v) is 5.66. The lowest BCUT2D eigenvalue weighted by Crippen LogP contribution is -2.50. The number of aliphatic imine (C=N–C) groups is 1. The van der Waals surface area contributed by atoms with E-state index in [4.69, 9.17) is 14.2 Å². The molecule has 12 nitrogen and oxygen atoms in total. The van der Waals surface area contributed by atoms with E-state index in [1.165, 1.54) is 0 Å². The fraction of sp³-hybridized carbons (Fsp3) is 0.500. The predicted octanol–water partition coefficient (Wildman–Crippen LogP) is 5.90. The van der Waals surface area contributed by atoms with Crippen LogP contribution in [0.4, 0.5) is 14.4 Å². The Labute approximate surface area is 269 Å². The number of guanidine groups is 1. The Balaban J connectivity index is 1.34. The zero-order valence-electron chi connectivity index (χ0n) is 27.3. The van der Waals surface area contributed by atoms with Crippen molar-refractivity contribution in [2.24, 2.45) is 10.9 Å². The Morgan fingerprint density at radius 3 is 1.93 bits per heavy atom. The van der Waals surface area contributed by atoms with Gasteiger partial charge in [0, 0.05) is 19.0 Å². The van der Waals surface area contributed by atoms with Gasteiger partial charge >= 0.3 is 24.2 Å². The normalized spacial score (nSPS) is 16.1. The molecule has 2 aromatic rings. The minimum Gasteiger partial charge on any atom is -0.480 e. The lowest BCUT2D eigenvalue weighted by molar-refractivity contribution is -0.140. The van der Waals surface area contributed by atoms with Crippen LogP contribution in [0.25, 0.3) is 11.1 Å². The van der Waals surface area contributed by atoms with E-state index in [-0.39, 0.29) is 30.8 Å². The Kier molecular flexibility index (Phi) is 10.6. The number of carbonyl (C=O) groups excluding carboxylic acids is 3. The van der Waals surface area contributed by atoms with Crippen LogP contribution in [0.5, 0.6) is 0 Å². The lowest BCUT2D eigenvalue weighted by Gasteiger charge is -2.35. The number of hydrogen-bond donors (Lipinski definition) is 3. The van der Waals surface area contributed by atoms with Crippen LogP contribution >= 0.6 is 0 Å². The first-order valence-electron chi connectivity index (χ1n) is 15.5. The van der Waals surface area contributed by atoms with E-state index in [1.54, 1.807) is 46.4 Å². The third-order valence-electron chi connectivity index (χ3n) is 7.62. The molecule has 1 saturated heterocycles. The van der Waals surface area contributed by atoms with E-state index in [0.29, 0.717) is 25.9 Å². The largest absolute Gasteiger partial charge is 0.480 e. The third kappa shape index (κ3) is 9.45. The molecule has 1 heterocycles. The van der Waals surface area contributed by atoms with Crippen LogP contribution in [0.2, 0.25) is 0 Å². The summed E-state index contributed by atoms with van der Waals surface area (Å²) in [5, 5.41) is 15.0. The molecule has 12 heteroatoms. The number of rotatable bonds is 6. The van der Waals surface area contributed by atoms with Gasteiger partial charge in [-0.25, -0.2) is 19.2 Å². The monoisotopic (exact) mass is 636 g/mol. The van der Waals surface area contributed by atoms with Gasteiger partial charge in [-0.15, -0.1) is 4.99 Å². The van der Waals surface area contributed by atoms with Crippen molar-refractivity contribution in [2.45, 2.75) is 84.0 Å². The van der Waals surface area contributed by atoms with Gasteiger partial charge in [0.25, 0.3) is 0 Å². The first-order chi connectivity index (χ1) is 21.6. The number of carboxylic acids is 1. The molecular formula is C34H44N4O8. The van der Waals surface area contributed by atoms with Gasteiger partial charge in [0.15, 0.2) is 0 Å². The van der Waals surface area contributed by atoms with Crippen molar-refractivity contribution in [3.05, 3.63) is 59.7 Å². The zero-order valence-corrected chi connectivity index (χ0v) is 27.3. The zero-order chi connectivity index (χ0) is 33.6. The number of piperidine rings is 1. The van der Waals surface area contributed by atoms with Crippen molar-refractivity contribution in [3.8, 4) is 11.1 Å². The van der Waals surface area contributed by atoms with Gasteiger partial charge in [-0.2, -0.15) is 0 Å². The summed E-state index contributed by atoms with van der Waals surface area (Å²) in [5.41, 5.74) is 2.78. The number of fused-ring (bicyclic) bond motifs is 3. The molecule has 1 aliphatic heterocycles. The number of carboxylic acid groups (broad SMARTS) is 1. The number of likely N-dealkylation sites (tertiary alicyclic amines) is 1. The van der Waals surface area contributed by atoms with Crippen molar-refractivity contribution in [1.29, 1.82) is 0 Å². The van der Waals surface area contributed by atoms with Gasteiger partial charge in [0.05, 0.1) is 0 Å². The number of alkyl carbamates (subject to hydrolysis) is 2. The molecule has 0 aromatic heterocycles. The van der Waals surface area contributed by atoms with E-state index in [0.717, 1.165) is 22.3 Å². The Bertz CT molecular complexity index is 1420. The van der Waals surface area contributed by atoms with Crippen LogP contribution in [0.1, 0.15) is 77.8 Å². The van der Waals surface area contributed by atoms with E-state index in [1.807, 2.05) is 48.5 Å². The average Bonchev–Trinajstić information content (AvgIpc) is 3.27. The van der Waals surface area contributed by atoms with Gasteiger partial charge in [-0.05, 0) is 89.0 Å². The molecule has 46 heavy (non-hydrogen) atoms. The molecule has 2 aromatic carbocycles. The predicted molar refractivity (Wildman–Crippen MR) is 172 cm³/mol. The molecule has 1 atom stereocenters. The minimum atomic E-state index is -1.16. The number of nitrogens with zero attached hydrogens (tertiary/aromatic N) is 2. The lowest BCUT2D eigenvalue weighted by atomic mass is 9.90. The van der Waals surface area contributed by atoms with Gasteiger partial charge in [0.2, 0.25) is 5.96 Å². The van der Waals surface area contributed by atoms with Gasteiger partial charge in [0.1, 0.15) is 23.9 Å². The molecule has 1 aliphatic carbocycles. The first-order valence-corrected chi connectivity index (χ1v) is 15.5. The molecule has 2 aliphatic rings. The SMILES string of the molecule is CC(C)(C)OC(=O)/N=C(\NC(=O)OC(C)(C)C)N1CCC(C[C@H](NC(=O)OCC2c3ccccc3-c3ccccc32)C(=O)O)CC1. The standard InChI is InChI=1S/C34H44N4O8/c1-33(2,3)45-31(42)36-29(37-32(43)46-34(4,5)6)38-17-15-21(16-18-38)19-27(28(39)40)35-30(41)44-20-26-24-13-9-7-11-22(24)23-12-8-10-14-25(23)26/h7-14,21,26-27H,15-20H2,1-6H3,(H,35,41)(H,39,40)(H,36,37,42,43)/t27-/m0/s1. The molecule has 0 spiro atoms. The number of ether oxygens (including phenoxy) is 3. The van der Waals surface area contributed by atoms with Crippen molar-refractivity contribution >= 4 is 30.2 Å². The van der Waals surface area contributed by atoms with Crippen molar-refractivity contribution < 1.29 is 38.5 Å². The highest BCUT2D eigenvalue weighted by molar-refractivity contribution is 5.99. The summed E-state index contributed by atoms with van der Waals surface area (Å²) in [5.74, 6) is -1.37. The second kappa shape index (κ2) is 14.2. The third-order valence-corrected chi connectivity index (χ3v) is 7.62. The summed E-state index contributed by atoms with van der Waals surface area (Å²) in [6.07, 6.45) is -1.18. The molecule has 0 radical (unpaired) electrons. The second-order valence-electron chi connectivity index (χ2n) is 13.6. The summed E-state index contributed by atoms with van der Waals surface area (Å²) in [6.45, 7) is 11.1. The summed E-state index contributed by atoms with van der Waals surface area (Å²) in [6, 6.07) is 14.8. The molecule has 3 N–H and O–H groups in total. The number of amides is 3. The summed E-state index contributed by atoms with van der Waals surface area (Å²) in [7, 11) is 0. The molecule has 0 bridgehead atoms. The van der Waals surface area contributed by atoms with Crippen molar-refractivity contribution in [2.75, 3.05) is 19.7 Å². The molecular weight excluding hydrogens is 592 g/mol. The summed E-state index contributed by atoms with van der Waals surface area (Å²) >= 11 is 0. The number of nitrogens with one attached hydrogen (secondary N) is 2. The quantitative estimate of drug-likeness (QED) is 0.200. The number of carbonyl (C=O) groups is 4. The van der Waals surface area contributed by atoms with Crippen LogP contribution in [0.15, 0.2) is 53.5 Å². The van der Waals surface area contributed by atoms with E-state index >= 15 is 0 Å². The van der Waals surface area contributed by atoms with Crippen molar-refractivity contribution in [3.63, 3.8) is 0 Å². The molecule has 3 amide bonds.